The van der Waals surface area contributed by atoms with Crippen LogP contribution in [0.1, 0.15) is 36.7 Å². The van der Waals surface area contributed by atoms with Crippen molar-refractivity contribution in [3.63, 3.8) is 0 Å². The smallest absolute Gasteiger partial charge is 0.253 e. The molecule has 1 atom stereocenters. The molecule has 0 radical (unpaired) electrons. The van der Waals surface area contributed by atoms with Gasteiger partial charge < -0.3 is 10.7 Å². The molecule has 4 N–H and O–H groups in total. The van der Waals surface area contributed by atoms with Crippen molar-refractivity contribution in [3.8, 4) is 0 Å². The minimum Gasteiger partial charge on any atom is -0.352 e. The van der Waals surface area contributed by atoms with Gasteiger partial charge in [-0.25, -0.2) is 0 Å². The van der Waals surface area contributed by atoms with E-state index in [2.05, 4.69) is 31.5 Å². The summed E-state index contributed by atoms with van der Waals surface area (Å²) in [4.78, 5) is 12.1. The van der Waals surface area contributed by atoms with E-state index < -0.39 is 0 Å². The predicted molar refractivity (Wildman–Crippen MR) is 75.3 cm³/mol. The van der Waals surface area contributed by atoms with E-state index in [0.29, 0.717) is 29.6 Å². The van der Waals surface area contributed by atoms with E-state index >= 15 is 0 Å². The summed E-state index contributed by atoms with van der Waals surface area (Å²) >= 11 is 0. The van der Waals surface area contributed by atoms with E-state index in [0.717, 1.165) is 5.56 Å². The zero-order chi connectivity index (χ0) is 13.7. The molecule has 0 heterocycles. The van der Waals surface area contributed by atoms with Gasteiger partial charge in [0.1, 0.15) is 0 Å². The summed E-state index contributed by atoms with van der Waals surface area (Å²) in [6.45, 7) is 9.06. The fourth-order valence-corrected chi connectivity index (χ4v) is 1.56. The number of anilines is 1. The summed E-state index contributed by atoms with van der Waals surface area (Å²) in [6, 6.07) is 5.56. The Bertz CT molecular complexity index is 416. The Balaban J connectivity index is 2.72. The highest BCUT2D eigenvalue weighted by Gasteiger charge is 2.13. The Morgan fingerprint density at radius 2 is 2.00 bits per heavy atom. The maximum Gasteiger partial charge on any atom is 0.253 e. The third kappa shape index (κ3) is 3.74. The van der Waals surface area contributed by atoms with E-state index in [9.17, 15) is 4.79 Å². The van der Waals surface area contributed by atoms with E-state index in [1.807, 2.05) is 19.1 Å². The van der Waals surface area contributed by atoms with Crippen LogP contribution in [0.15, 0.2) is 18.2 Å². The van der Waals surface area contributed by atoms with Crippen LogP contribution in [0.4, 0.5) is 5.69 Å². The molecule has 1 unspecified atom stereocenters. The summed E-state index contributed by atoms with van der Waals surface area (Å²) in [7, 11) is 0. The Morgan fingerprint density at radius 1 is 1.33 bits per heavy atom. The molecule has 0 fully saturated rings. The largest absolute Gasteiger partial charge is 0.352 e. The molecule has 4 heteroatoms. The molecule has 0 aromatic heterocycles. The van der Waals surface area contributed by atoms with Crippen LogP contribution in [-0.4, -0.2) is 12.5 Å². The number of aryl methyl sites for hydroxylation is 1. The molecular weight excluding hydrogens is 226 g/mol. The Morgan fingerprint density at radius 3 is 2.56 bits per heavy atom. The predicted octanol–water partition coefficient (Wildman–Crippen LogP) is 2.30. The lowest BCUT2D eigenvalue weighted by atomic mass is 9.98. The number of nitrogens with two attached hydrogens (primary N) is 1. The second-order valence-electron chi connectivity index (χ2n) is 5.12. The number of hydrogen-bond acceptors (Lipinski definition) is 3. The van der Waals surface area contributed by atoms with Crippen molar-refractivity contribution >= 4 is 11.6 Å². The first-order chi connectivity index (χ1) is 8.45. The first-order valence-corrected chi connectivity index (χ1v) is 6.31. The fourth-order valence-electron chi connectivity index (χ4n) is 1.56. The average molecular weight is 249 g/mol. The van der Waals surface area contributed by atoms with Crippen LogP contribution in [0.2, 0.25) is 0 Å². The molecule has 18 heavy (non-hydrogen) atoms. The zero-order valence-electron chi connectivity index (χ0n) is 11.6. The van der Waals surface area contributed by atoms with E-state index in [-0.39, 0.29) is 5.91 Å². The van der Waals surface area contributed by atoms with Gasteiger partial charge in [0.05, 0.1) is 11.3 Å². The van der Waals surface area contributed by atoms with Crippen LogP contribution in [0.25, 0.3) is 0 Å². The van der Waals surface area contributed by atoms with Crippen molar-refractivity contribution < 1.29 is 4.79 Å². The number of hydrazine groups is 1. The summed E-state index contributed by atoms with van der Waals surface area (Å²) in [6.07, 6.45) is 0. The van der Waals surface area contributed by atoms with Crippen LogP contribution >= 0.6 is 0 Å². The monoisotopic (exact) mass is 249 g/mol. The number of rotatable bonds is 5. The van der Waals surface area contributed by atoms with Gasteiger partial charge in [-0.05, 0) is 36.5 Å². The van der Waals surface area contributed by atoms with Crippen molar-refractivity contribution in [1.82, 2.24) is 5.32 Å². The molecule has 0 aliphatic heterocycles. The molecule has 0 bridgehead atoms. The number of hydrogen-bond donors (Lipinski definition) is 3. The standard InChI is InChI=1S/C14H23N3O/c1-9(2)11(4)8-16-14(18)12-6-5-10(3)7-13(12)17-15/h5-7,9,11,17H,8,15H2,1-4H3,(H,16,18). The number of carbonyl (C=O) groups excluding carboxylic acids is 1. The zero-order valence-corrected chi connectivity index (χ0v) is 11.6. The third-order valence-corrected chi connectivity index (χ3v) is 3.30. The highest BCUT2D eigenvalue weighted by Crippen LogP contribution is 2.16. The SMILES string of the molecule is Cc1ccc(C(=O)NCC(C)C(C)C)c(NN)c1. The summed E-state index contributed by atoms with van der Waals surface area (Å²) < 4.78 is 0. The molecule has 0 aliphatic rings. The van der Waals surface area contributed by atoms with E-state index in [1.54, 1.807) is 6.07 Å². The van der Waals surface area contributed by atoms with Gasteiger partial charge in [-0.2, -0.15) is 0 Å². The van der Waals surface area contributed by atoms with Gasteiger partial charge in [0, 0.05) is 6.54 Å². The molecule has 1 amide bonds. The van der Waals surface area contributed by atoms with Crippen LogP contribution < -0.4 is 16.6 Å². The summed E-state index contributed by atoms with van der Waals surface area (Å²) in [5.74, 6) is 6.35. The normalized spacial score (nSPS) is 12.3. The molecule has 0 aliphatic carbocycles. The fraction of sp³-hybridized carbons (Fsp3) is 0.500. The van der Waals surface area contributed by atoms with Crippen molar-refractivity contribution in [2.75, 3.05) is 12.0 Å². The molecule has 0 saturated heterocycles. The quantitative estimate of drug-likeness (QED) is 0.554. The molecular formula is C14H23N3O. The van der Waals surface area contributed by atoms with Gasteiger partial charge in [-0.15, -0.1) is 0 Å². The molecule has 4 nitrogen and oxygen atoms in total. The van der Waals surface area contributed by atoms with E-state index in [1.165, 1.54) is 0 Å². The van der Waals surface area contributed by atoms with Crippen LogP contribution in [0.3, 0.4) is 0 Å². The molecule has 1 rings (SSSR count). The number of nitrogen functional groups attached to an aromatic ring is 1. The summed E-state index contributed by atoms with van der Waals surface area (Å²) in [5, 5.41) is 2.94. The highest BCUT2D eigenvalue weighted by atomic mass is 16.1. The van der Waals surface area contributed by atoms with Crippen molar-refractivity contribution in [1.29, 1.82) is 0 Å². The second-order valence-corrected chi connectivity index (χ2v) is 5.12. The lowest BCUT2D eigenvalue weighted by molar-refractivity contribution is 0.0945. The Kier molecular flexibility index (Phi) is 5.16. The topological polar surface area (TPSA) is 67.2 Å². The lowest BCUT2D eigenvalue weighted by Gasteiger charge is -2.17. The van der Waals surface area contributed by atoms with Gasteiger partial charge in [0.2, 0.25) is 0 Å². The summed E-state index contributed by atoms with van der Waals surface area (Å²) in [5.41, 5.74) is 4.87. The van der Waals surface area contributed by atoms with Gasteiger partial charge in [-0.3, -0.25) is 10.6 Å². The molecule has 1 aromatic rings. The number of benzene rings is 1. The van der Waals surface area contributed by atoms with Crippen LogP contribution in [0, 0.1) is 18.8 Å². The minimum atomic E-state index is -0.0875. The van der Waals surface area contributed by atoms with Crippen molar-refractivity contribution in [3.05, 3.63) is 29.3 Å². The highest BCUT2D eigenvalue weighted by molar-refractivity contribution is 5.99. The number of carbonyl (C=O) groups is 1. The number of amides is 1. The first kappa shape index (κ1) is 14.5. The molecule has 0 spiro atoms. The van der Waals surface area contributed by atoms with Gasteiger partial charge >= 0.3 is 0 Å². The number of nitrogens with one attached hydrogen (secondary N) is 2. The third-order valence-electron chi connectivity index (χ3n) is 3.30. The van der Waals surface area contributed by atoms with Crippen LogP contribution in [0.5, 0.6) is 0 Å². The van der Waals surface area contributed by atoms with Gasteiger partial charge in [0.15, 0.2) is 0 Å². The van der Waals surface area contributed by atoms with Gasteiger partial charge in [0.25, 0.3) is 5.91 Å². The average Bonchev–Trinajstić information content (AvgIpc) is 2.34. The molecule has 0 saturated carbocycles. The van der Waals surface area contributed by atoms with Crippen molar-refractivity contribution in [2.45, 2.75) is 27.7 Å². The molecule has 100 valence electrons. The van der Waals surface area contributed by atoms with E-state index in [4.69, 9.17) is 5.84 Å². The first-order valence-electron chi connectivity index (χ1n) is 6.31. The maximum absolute atomic E-state index is 12.1. The minimum absolute atomic E-state index is 0.0875. The van der Waals surface area contributed by atoms with Crippen LogP contribution in [-0.2, 0) is 0 Å². The van der Waals surface area contributed by atoms with Gasteiger partial charge in [-0.1, -0.05) is 26.8 Å². The second kappa shape index (κ2) is 6.40. The lowest BCUT2D eigenvalue weighted by Crippen LogP contribution is -2.31. The Hall–Kier alpha value is -1.55. The molecule has 1 aromatic carbocycles. The maximum atomic E-state index is 12.1. The van der Waals surface area contributed by atoms with Crippen molar-refractivity contribution in [2.24, 2.45) is 17.7 Å². The Labute approximate surface area is 109 Å².